The maximum absolute atomic E-state index is 12.7. The van der Waals surface area contributed by atoms with Crippen molar-refractivity contribution >= 4 is 33.1 Å². The highest BCUT2D eigenvalue weighted by molar-refractivity contribution is 7.91. The molecule has 0 saturated carbocycles. The number of hydrogen-bond acceptors (Lipinski definition) is 8. The number of sulfone groups is 1. The van der Waals surface area contributed by atoms with E-state index < -0.39 is 38.3 Å². The molecule has 0 aliphatic rings. The largest absolute Gasteiger partial charge is 0.457 e. The Kier molecular flexibility index (Phi) is 8.48. The van der Waals surface area contributed by atoms with Gasteiger partial charge in [-0.3, -0.25) is 14.9 Å². The summed E-state index contributed by atoms with van der Waals surface area (Å²) in [6.45, 7) is 0.108. The van der Waals surface area contributed by atoms with E-state index in [0.29, 0.717) is 5.69 Å². The third-order valence-corrected chi connectivity index (χ3v) is 6.97. The van der Waals surface area contributed by atoms with Gasteiger partial charge in [-0.05, 0) is 42.0 Å². The molecule has 0 unspecified atom stereocenters. The predicted octanol–water partition coefficient (Wildman–Crippen LogP) is 3.89. The van der Waals surface area contributed by atoms with Gasteiger partial charge in [0.25, 0.3) is 5.69 Å². The highest BCUT2D eigenvalue weighted by Gasteiger charge is 2.27. The minimum absolute atomic E-state index is 0.108. The van der Waals surface area contributed by atoms with Gasteiger partial charge in [-0.25, -0.2) is 13.2 Å². The van der Waals surface area contributed by atoms with Crippen molar-refractivity contribution in [3.05, 3.63) is 100 Å². The van der Waals surface area contributed by atoms with Crippen LogP contribution in [0.5, 0.6) is 0 Å². The summed E-state index contributed by atoms with van der Waals surface area (Å²) < 4.78 is 30.7. The van der Waals surface area contributed by atoms with Gasteiger partial charge in [0.15, 0.2) is 9.84 Å². The number of carbonyl (C=O) groups excluding carboxylic acids is 2. The van der Waals surface area contributed by atoms with Gasteiger partial charge in [-0.15, -0.1) is 0 Å². The number of hydrogen-bond donors (Lipinski definition) is 1. The number of nitro benzene ring substituents is 1. The normalized spacial score (nSPS) is 11.6. The number of nitrogens with one attached hydrogen (secondary N) is 1. The standard InChI is InChI=1S/C25H21N3O7S/c26-15-14-20(17-36(33,34)23-12-10-22(11-13-23)28(31)32)24(29)27-21-8-6-19(7-9-21)25(30)35-16-18-4-2-1-3-5-18/h1-13,20H,14,16-17H2,(H,27,29)/t20-/m1/s1. The second kappa shape index (κ2) is 11.7. The summed E-state index contributed by atoms with van der Waals surface area (Å²) >= 11 is 0. The summed E-state index contributed by atoms with van der Waals surface area (Å²) in [6.07, 6.45) is -0.359. The lowest BCUT2D eigenvalue weighted by molar-refractivity contribution is -0.384. The molecule has 1 amide bonds. The second-order valence-electron chi connectivity index (χ2n) is 7.72. The maximum Gasteiger partial charge on any atom is 0.338 e. The molecule has 0 heterocycles. The van der Waals surface area contributed by atoms with E-state index in [1.807, 2.05) is 36.4 Å². The fourth-order valence-electron chi connectivity index (χ4n) is 3.21. The number of nitrogens with zero attached hydrogens (tertiary/aromatic N) is 2. The van der Waals surface area contributed by atoms with E-state index >= 15 is 0 Å². The fourth-order valence-corrected chi connectivity index (χ4v) is 4.76. The highest BCUT2D eigenvalue weighted by atomic mass is 32.2. The van der Waals surface area contributed by atoms with Crippen molar-refractivity contribution in [2.24, 2.45) is 5.92 Å². The summed E-state index contributed by atoms with van der Waals surface area (Å²) in [5.41, 5.74) is 1.13. The quantitative estimate of drug-likeness (QED) is 0.246. The van der Waals surface area contributed by atoms with E-state index in [0.717, 1.165) is 29.8 Å². The molecule has 10 nitrogen and oxygen atoms in total. The summed E-state index contributed by atoms with van der Waals surface area (Å²) in [5.74, 6) is -3.09. The molecule has 3 aromatic carbocycles. The molecular formula is C25H21N3O7S. The molecule has 0 bridgehead atoms. The van der Waals surface area contributed by atoms with Crippen molar-refractivity contribution < 1.29 is 27.7 Å². The van der Waals surface area contributed by atoms with E-state index in [2.05, 4.69) is 5.32 Å². The molecule has 0 aliphatic heterocycles. The molecule has 184 valence electrons. The van der Waals surface area contributed by atoms with Crippen molar-refractivity contribution in [1.82, 2.24) is 0 Å². The van der Waals surface area contributed by atoms with E-state index in [1.165, 1.54) is 24.3 Å². The van der Waals surface area contributed by atoms with Gasteiger partial charge in [0.05, 0.1) is 33.1 Å². The minimum Gasteiger partial charge on any atom is -0.457 e. The maximum atomic E-state index is 12.7. The number of rotatable bonds is 10. The van der Waals surface area contributed by atoms with Gasteiger partial charge in [0.2, 0.25) is 5.91 Å². The summed E-state index contributed by atoms with van der Waals surface area (Å²) in [7, 11) is -4.00. The van der Waals surface area contributed by atoms with Gasteiger partial charge in [-0.1, -0.05) is 30.3 Å². The van der Waals surface area contributed by atoms with E-state index in [9.17, 15) is 28.1 Å². The van der Waals surface area contributed by atoms with Crippen LogP contribution in [0.15, 0.2) is 83.8 Å². The van der Waals surface area contributed by atoms with Crippen molar-refractivity contribution in [2.45, 2.75) is 17.9 Å². The third kappa shape index (κ3) is 6.97. The number of benzene rings is 3. The van der Waals surface area contributed by atoms with Crippen molar-refractivity contribution in [3.63, 3.8) is 0 Å². The van der Waals surface area contributed by atoms with E-state index in [1.54, 1.807) is 0 Å². The van der Waals surface area contributed by atoms with Crippen LogP contribution in [-0.4, -0.2) is 31.0 Å². The molecule has 3 rings (SSSR count). The van der Waals surface area contributed by atoms with Crippen LogP contribution in [0.4, 0.5) is 11.4 Å². The van der Waals surface area contributed by atoms with Crippen LogP contribution in [0, 0.1) is 27.4 Å². The number of non-ortho nitro benzene ring substituents is 1. The highest BCUT2D eigenvalue weighted by Crippen LogP contribution is 2.21. The Bertz CT molecular complexity index is 1380. The molecular weight excluding hydrogens is 486 g/mol. The fraction of sp³-hybridized carbons (Fsp3) is 0.160. The van der Waals surface area contributed by atoms with Gasteiger partial charge in [0, 0.05) is 24.2 Å². The Morgan fingerprint density at radius 1 is 1.00 bits per heavy atom. The predicted molar refractivity (Wildman–Crippen MR) is 130 cm³/mol. The number of ether oxygens (including phenoxy) is 1. The van der Waals surface area contributed by atoms with Crippen LogP contribution in [0.3, 0.4) is 0 Å². The first-order valence-electron chi connectivity index (χ1n) is 10.7. The number of nitriles is 1. The smallest absolute Gasteiger partial charge is 0.338 e. The first kappa shape index (κ1) is 26.1. The molecule has 36 heavy (non-hydrogen) atoms. The SMILES string of the molecule is N#CC[C@H](CS(=O)(=O)c1ccc([N+](=O)[O-])cc1)C(=O)Nc1ccc(C(=O)OCc2ccccc2)cc1. The summed E-state index contributed by atoms with van der Waals surface area (Å²) in [5, 5.41) is 22.4. The Labute approximate surface area is 207 Å². The number of amides is 1. The van der Waals surface area contributed by atoms with Crippen molar-refractivity contribution in [3.8, 4) is 6.07 Å². The average molecular weight is 508 g/mol. The van der Waals surface area contributed by atoms with Crippen LogP contribution in [0.25, 0.3) is 0 Å². The number of carbonyl (C=O) groups is 2. The van der Waals surface area contributed by atoms with Gasteiger partial charge in [0.1, 0.15) is 6.61 Å². The Balaban J connectivity index is 1.63. The molecule has 0 radical (unpaired) electrons. The first-order chi connectivity index (χ1) is 17.2. The first-order valence-corrected chi connectivity index (χ1v) is 12.3. The summed E-state index contributed by atoms with van der Waals surface area (Å²) in [6, 6.07) is 21.1. The van der Waals surface area contributed by atoms with E-state index in [-0.39, 0.29) is 29.2 Å². The van der Waals surface area contributed by atoms with Crippen LogP contribution in [0.1, 0.15) is 22.3 Å². The molecule has 0 fully saturated rings. The Hall–Kier alpha value is -4.56. The minimum atomic E-state index is -4.00. The molecule has 1 N–H and O–H groups in total. The lowest BCUT2D eigenvalue weighted by atomic mass is 10.1. The lowest BCUT2D eigenvalue weighted by Gasteiger charge is -2.15. The third-order valence-electron chi connectivity index (χ3n) is 5.14. The molecule has 0 saturated heterocycles. The van der Waals surface area contributed by atoms with Gasteiger partial charge < -0.3 is 10.1 Å². The van der Waals surface area contributed by atoms with Crippen LogP contribution in [-0.2, 0) is 26.0 Å². The molecule has 0 spiro atoms. The second-order valence-corrected chi connectivity index (χ2v) is 9.75. The topological polar surface area (TPSA) is 156 Å². The Morgan fingerprint density at radius 2 is 1.64 bits per heavy atom. The van der Waals surface area contributed by atoms with Crippen LogP contribution >= 0.6 is 0 Å². The molecule has 11 heteroatoms. The lowest BCUT2D eigenvalue weighted by Crippen LogP contribution is -2.29. The van der Waals surface area contributed by atoms with Crippen molar-refractivity contribution in [1.29, 1.82) is 5.26 Å². The van der Waals surface area contributed by atoms with Gasteiger partial charge in [-0.2, -0.15) is 5.26 Å². The van der Waals surface area contributed by atoms with Gasteiger partial charge >= 0.3 is 5.97 Å². The monoisotopic (exact) mass is 507 g/mol. The number of nitro groups is 1. The van der Waals surface area contributed by atoms with Crippen LogP contribution in [0.2, 0.25) is 0 Å². The molecule has 3 aromatic rings. The zero-order chi connectivity index (χ0) is 26.1. The average Bonchev–Trinajstić information content (AvgIpc) is 2.88. The molecule has 1 atom stereocenters. The number of esters is 1. The molecule has 0 aromatic heterocycles. The van der Waals surface area contributed by atoms with Crippen LogP contribution < -0.4 is 5.32 Å². The Morgan fingerprint density at radius 3 is 2.22 bits per heavy atom. The summed E-state index contributed by atoms with van der Waals surface area (Å²) in [4.78, 5) is 34.9. The zero-order valence-electron chi connectivity index (χ0n) is 18.9. The molecule has 0 aliphatic carbocycles. The number of anilines is 1. The van der Waals surface area contributed by atoms with E-state index in [4.69, 9.17) is 10.00 Å². The van der Waals surface area contributed by atoms with Crippen molar-refractivity contribution in [2.75, 3.05) is 11.1 Å². The zero-order valence-corrected chi connectivity index (χ0v) is 19.7.